The van der Waals surface area contributed by atoms with Crippen molar-refractivity contribution >= 4 is 26.9 Å². The van der Waals surface area contributed by atoms with Gasteiger partial charge in [0.1, 0.15) is 10.6 Å². The molecule has 26 heavy (non-hydrogen) atoms. The van der Waals surface area contributed by atoms with Gasteiger partial charge in [0, 0.05) is 18.4 Å². The minimum Gasteiger partial charge on any atom is -0.350 e. The van der Waals surface area contributed by atoms with Gasteiger partial charge in [0.15, 0.2) is 9.84 Å². The monoisotopic (exact) mass is 388 g/mol. The van der Waals surface area contributed by atoms with Crippen molar-refractivity contribution in [3.05, 3.63) is 58.1 Å². The van der Waals surface area contributed by atoms with Gasteiger partial charge >= 0.3 is 11.9 Å². The van der Waals surface area contributed by atoms with Crippen molar-refractivity contribution in [2.45, 2.75) is 23.9 Å². The number of halogens is 3. The summed E-state index contributed by atoms with van der Waals surface area (Å²) in [6, 6.07) is 9.78. The number of para-hydroxylation sites is 1. The first-order chi connectivity index (χ1) is 12.0. The van der Waals surface area contributed by atoms with Gasteiger partial charge < -0.3 is 5.32 Å². The SMILES string of the molecule is CS(=O)(=O)c1cccc(Nc2cccc(CCC(F)(F)F)c2)c1[N+](=O)[O-]. The second-order valence-corrected chi connectivity index (χ2v) is 7.61. The molecule has 0 aromatic heterocycles. The van der Waals surface area contributed by atoms with Crippen LogP contribution >= 0.6 is 0 Å². The van der Waals surface area contributed by atoms with Crippen LogP contribution in [0.15, 0.2) is 47.4 Å². The Bertz CT molecular complexity index is 927. The fraction of sp³-hybridized carbons (Fsp3) is 0.250. The Hall–Kier alpha value is -2.62. The second-order valence-electron chi connectivity index (χ2n) is 5.62. The molecule has 6 nitrogen and oxygen atoms in total. The van der Waals surface area contributed by atoms with Gasteiger partial charge in [-0.3, -0.25) is 10.1 Å². The van der Waals surface area contributed by atoms with Crippen LogP contribution in [0.5, 0.6) is 0 Å². The van der Waals surface area contributed by atoms with Gasteiger partial charge in [-0.1, -0.05) is 18.2 Å². The molecule has 140 valence electrons. The molecule has 0 amide bonds. The Kier molecular flexibility index (Phi) is 5.55. The number of aryl methyl sites for hydroxylation is 1. The van der Waals surface area contributed by atoms with Crippen molar-refractivity contribution in [2.75, 3.05) is 11.6 Å². The van der Waals surface area contributed by atoms with E-state index in [1.54, 1.807) is 0 Å². The van der Waals surface area contributed by atoms with Crippen LogP contribution in [0.3, 0.4) is 0 Å². The lowest BCUT2D eigenvalue weighted by Crippen LogP contribution is -2.08. The summed E-state index contributed by atoms with van der Waals surface area (Å²) in [5.41, 5.74) is 0.0364. The largest absolute Gasteiger partial charge is 0.389 e. The smallest absolute Gasteiger partial charge is 0.350 e. The summed E-state index contributed by atoms with van der Waals surface area (Å²) in [4.78, 5) is 10.1. The number of rotatable bonds is 6. The number of anilines is 2. The number of nitro groups is 1. The predicted octanol–water partition coefficient (Wildman–Crippen LogP) is 4.24. The van der Waals surface area contributed by atoms with Crippen LogP contribution in [0.1, 0.15) is 12.0 Å². The van der Waals surface area contributed by atoms with Crippen molar-refractivity contribution in [3.63, 3.8) is 0 Å². The molecule has 0 aliphatic heterocycles. The molecule has 0 saturated heterocycles. The molecule has 0 spiro atoms. The highest BCUT2D eigenvalue weighted by atomic mass is 32.2. The molecule has 0 radical (unpaired) electrons. The number of nitro benzene ring substituents is 1. The quantitative estimate of drug-likeness (QED) is 0.591. The van der Waals surface area contributed by atoms with Gasteiger partial charge in [0.05, 0.1) is 4.92 Å². The van der Waals surface area contributed by atoms with E-state index in [-0.39, 0.29) is 12.1 Å². The molecule has 10 heteroatoms. The summed E-state index contributed by atoms with van der Waals surface area (Å²) in [5.74, 6) is 0. The molecule has 2 rings (SSSR count). The molecule has 0 heterocycles. The minimum absolute atomic E-state index is 0.0640. The van der Waals surface area contributed by atoms with Crippen LogP contribution in [0.2, 0.25) is 0 Å². The van der Waals surface area contributed by atoms with Crippen LogP contribution in [0, 0.1) is 10.1 Å². The fourth-order valence-corrected chi connectivity index (χ4v) is 3.22. The molecular formula is C16H15F3N2O4S. The molecule has 0 fully saturated rings. The lowest BCUT2D eigenvalue weighted by atomic mass is 10.1. The Balaban J connectivity index is 2.36. The Morgan fingerprint density at radius 1 is 1.15 bits per heavy atom. The van der Waals surface area contributed by atoms with E-state index in [9.17, 15) is 31.7 Å². The third kappa shape index (κ3) is 5.19. The lowest BCUT2D eigenvalue weighted by Gasteiger charge is -2.11. The molecule has 2 aromatic carbocycles. The molecule has 0 unspecified atom stereocenters. The van der Waals surface area contributed by atoms with Gasteiger partial charge in [-0.25, -0.2) is 8.42 Å². The van der Waals surface area contributed by atoms with Crippen molar-refractivity contribution in [1.29, 1.82) is 0 Å². The molecule has 0 bridgehead atoms. The molecule has 0 atom stereocenters. The molecule has 1 N–H and O–H groups in total. The summed E-state index contributed by atoms with van der Waals surface area (Å²) < 4.78 is 60.5. The number of hydrogen-bond donors (Lipinski definition) is 1. The number of benzene rings is 2. The number of nitrogens with zero attached hydrogens (tertiary/aromatic N) is 1. The van der Waals surface area contributed by atoms with Gasteiger partial charge in [-0.15, -0.1) is 0 Å². The maximum absolute atomic E-state index is 12.3. The van der Waals surface area contributed by atoms with E-state index in [1.165, 1.54) is 36.4 Å². The van der Waals surface area contributed by atoms with Crippen LogP contribution in [0.25, 0.3) is 0 Å². The van der Waals surface area contributed by atoms with E-state index in [0.717, 1.165) is 12.3 Å². The zero-order valence-corrected chi connectivity index (χ0v) is 14.4. The standard InChI is InChI=1S/C16H15F3N2O4S/c1-26(24,25)14-7-3-6-13(15(14)21(22)23)20-12-5-2-4-11(10-12)8-9-16(17,18)19/h2-7,10,20H,8-9H2,1H3. The molecule has 0 aliphatic carbocycles. The predicted molar refractivity (Wildman–Crippen MR) is 90.3 cm³/mol. The van der Waals surface area contributed by atoms with Crippen molar-refractivity contribution in [2.24, 2.45) is 0 Å². The van der Waals surface area contributed by atoms with E-state index >= 15 is 0 Å². The maximum Gasteiger partial charge on any atom is 0.389 e. The summed E-state index contributed by atoms with van der Waals surface area (Å²) in [6.45, 7) is 0. The zero-order valence-electron chi connectivity index (χ0n) is 13.6. The molecule has 0 saturated carbocycles. The van der Waals surface area contributed by atoms with Crippen LogP contribution in [0.4, 0.5) is 30.2 Å². The first-order valence-electron chi connectivity index (χ1n) is 7.37. The zero-order chi connectivity index (χ0) is 19.5. The summed E-state index contributed by atoms with van der Waals surface area (Å²) >= 11 is 0. The summed E-state index contributed by atoms with van der Waals surface area (Å²) in [5, 5.41) is 14.1. The summed E-state index contributed by atoms with van der Waals surface area (Å²) in [7, 11) is -3.83. The Labute approximate surface area is 147 Å². The number of hydrogen-bond acceptors (Lipinski definition) is 5. The first kappa shape index (κ1) is 19.7. The normalized spacial score (nSPS) is 12.0. The average Bonchev–Trinajstić information content (AvgIpc) is 2.51. The van der Waals surface area contributed by atoms with E-state index in [0.29, 0.717) is 11.3 Å². The van der Waals surface area contributed by atoms with Crippen molar-refractivity contribution in [1.82, 2.24) is 0 Å². The lowest BCUT2D eigenvalue weighted by molar-refractivity contribution is -0.386. The minimum atomic E-state index is -4.29. The van der Waals surface area contributed by atoms with Gasteiger partial charge in [-0.05, 0) is 36.2 Å². The highest BCUT2D eigenvalue weighted by Gasteiger charge is 2.27. The van der Waals surface area contributed by atoms with Crippen molar-refractivity contribution < 1.29 is 26.5 Å². The van der Waals surface area contributed by atoms with Crippen molar-refractivity contribution in [3.8, 4) is 0 Å². The third-order valence-corrected chi connectivity index (χ3v) is 4.61. The highest BCUT2D eigenvalue weighted by Crippen LogP contribution is 2.34. The molecule has 2 aromatic rings. The number of alkyl halides is 3. The summed E-state index contributed by atoms with van der Waals surface area (Å²) in [6.07, 6.45) is -4.65. The van der Waals surface area contributed by atoms with E-state index < -0.39 is 37.9 Å². The average molecular weight is 388 g/mol. The molecule has 0 aliphatic rings. The van der Waals surface area contributed by atoms with Gasteiger partial charge in [0.2, 0.25) is 0 Å². The first-order valence-corrected chi connectivity index (χ1v) is 9.27. The Morgan fingerprint density at radius 3 is 2.38 bits per heavy atom. The second kappa shape index (κ2) is 7.32. The fourth-order valence-electron chi connectivity index (χ4n) is 2.36. The van der Waals surface area contributed by atoms with Crippen LogP contribution < -0.4 is 5.32 Å². The van der Waals surface area contributed by atoms with Gasteiger partial charge in [0.25, 0.3) is 0 Å². The van der Waals surface area contributed by atoms with Gasteiger partial charge in [-0.2, -0.15) is 13.2 Å². The molecular weight excluding hydrogens is 373 g/mol. The maximum atomic E-state index is 12.3. The van der Waals surface area contributed by atoms with E-state index in [1.807, 2.05) is 0 Å². The van der Waals surface area contributed by atoms with E-state index in [4.69, 9.17) is 0 Å². The van der Waals surface area contributed by atoms with Crippen LogP contribution in [-0.4, -0.2) is 25.8 Å². The number of nitrogens with one attached hydrogen (secondary N) is 1. The highest BCUT2D eigenvalue weighted by molar-refractivity contribution is 7.90. The van der Waals surface area contributed by atoms with Crippen LogP contribution in [-0.2, 0) is 16.3 Å². The Morgan fingerprint density at radius 2 is 1.81 bits per heavy atom. The third-order valence-electron chi connectivity index (χ3n) is 3.48. The van der Waals surface area contributed by atoms with E-state index in [2.05, 4.69) is 5.32 Å². The topological polar surface area (TPSA) is 89.3 Å². The number of sulfone groups is 1.